The molecular formula is C91H69Ir4N5-4. The van der Waals surface area contributed by atoms with Crippen molar-refractivity contribution in [2.75, 3.05) is 0 Å². The number of pyridine rings is 4. The molecule has 4 radical (unpaired) electrons. The van der Waals surface area contributed by atoms with Gasteiger partial charge in [0.05, 0.1) is 0 Å². The Bertz CT molecular complexity index is 5840. The summed E-state index contributed by atoms with van der Waals surface area (Å²) >= 11 is 0. The zero-order valence-electron chi connectivity index (χ0n) is 56.6. The maximum Gasteiger partial charge on any atom is 0.235 e. The number of nitrogens with zero attached hydrogens (tertiary/aromatic N) is 5. The average molecular weight is 2000 g/mol. The van der Waals surface area contributed by atoms with Crippen molar-refractivity contribution in [2.24, 2.45) is 0 Å². The van der Waals surface area contributed by atoms with E-state index in [9.17, 15) is 0 Å². The molecule has 0 bridgehead atoms. The van der Waals surface area contributed by atoms with Crippen LogP contribution in [0.15, 0.2) is 274 Å². The van der Waals surface area contributed by atoms with Crippen molar-refractivity contribution < 1.29 is 80.4 Å². The van der Waals surface area contributed by atoms with Crippen LogP contribution in [0.1, 0.15) is 63.8 Å². The zero-order valence-corrected chi connectivity index (χ0v) is 66.1. The Hall–Kier alpha value is -9.11. The minimum Gasteiger partial charge on any atom is -0.304 e. The van der Waals surface area contributed by atoms with Gasteiger partial charge in [0.2, 0.25) is 5.69 Å². The second kappa shape index (κ2) is 31.6. The van der Waals surface area contributed by atoms with Crippen LogP contribution in [0.4, 0.5) is 5.69 Å². The molecule has 13 aromatic carbocycles. The van der Waals surface area contributed by atoms with Crippen LogP contribution in [-0.2, 0) is 91.3 Å². The Balaban J connectivity index is 0.000000142. The predicted molar refractivity (Wildman–Crippen MR) is 405 cm³/mol. The Morgan fingerprint density at radius 3 is 1.26 bits per heavy atom. The first kappa shape index (κ1) is 73.6. The molecule has 9 heteroatoms. The van der Waals surface area contributed by atoms with Gasteiger partial charge >= 0.3 is 0 Å². The van der Waals surface area contributed by atoms with Crippen LogP contribution in [0.25, 0.3) is 147 Å². The first-order valence-corrected chi connectivity index (χ1v) is 32.6. The summed E-state index contributed by atoms with van der Waals surface area (Å²) in [6, 6.07) is 99.6. The third kappa shape index (κ3) is 15.3. The monoisotopic (exact) mass is 2000 g/mol. The average Bonchev–Trinajstić information content (AvgIpc) is 0.785. The number of aromatic nitrogens is 4. The van der Waals surface area contributed by atoms with E-state index in [2.05, 4.69) is 292 Å². The van der Waals surface area contributed by atoms with Crippen LogP contribution in [0, 0.1) is 44.7 Å². The van der Waals surface area contributed by atoms with Gasteiger partial charge in [0.1, 0.15) is 6.57 Å². The van der Waals surface area contributed by atoms with Gasteiger partial charge in [0, 0.05) is 105 Å². The summed E-state index contributed by atoms with van der Waals surface area (Å²) in [5.41, 5.74) is 14.1. The molecule has 17 aromatic rings. The van der Waals surface area contributed by atoms with E-state index >= 15 is 0 Å². The molecule has 0 unspecified atom stereocenters. The van der Waals surface area contributed by atoms with Crippen LogP contribution in [-0.4, -0.2) is 19.9 Å². The van der Waals surface area contributed by atoms with Crippen LogP contribution >= 0.6 is 0 Å². The van der Waals surface area contributed by atoms with E-state index in [-0.39, 0.29) is 91.3 Å². The summed E-state index contributed by atoms with van der Waals surface area (Å²) in [7, 11) is 0. The number of rotatable bonds is 4. The molecule has 0 fully saturated rings. The molecule has 498 valence electrons. The molecule has 0 N–H and O–H groups in total. The number of fused-ring (bicyclic) bond motifs is 13. The summed E-state index contributed by atoms with van der Waals surface area (Å²) in [5, 5.41) is 22.2. The molecule has 0 atom stereocenters. The van der Waals surface area contributed by atoms with E-state index in [1.54, 1.807) is 6.07 Å². The predicted octanol–water partition coefficient (Wildman–Crippen LogP) is 24.3. The van der Waals surface area contributed by atoms with E-state index in [0.29, 0.717) is 5.69 Å². The Labute approximate surface area is 639 Å². The van der Waals surface area contributed by atoms with Crippen molar-refractivity contribution in [2.45, 2.75) is 66.2 Å². The molecule has 0 aliphatic heterocycles. The van der Waals surface area contributed by atoms with Gasteiger partial charge < -0.3 is 19.9 Å². The van der Waals surface area contributed by atoms with Crippen molar-refractivity contribution in [3.8, 4) is 45.0 Å². The maximum absolute atomic E-state index is 7.07. The fraction of sp³-hybridized carbons (Fsp3) is 0.110. The van der Waals surface area contributed by atoms with Gasteiger partial charge in [-0.1, -0.05) is 210 Å². The van der Waals surface area contributed by atoms with Gasteiger partial charge in [0.25, 0.3) is 0 Å². The topological polar surface area (TPSA) is 55.9 Å². The van der Waals surface area contributed by atoms with Gasteiger partial charge in [-0.05, 0) is 175 Å². The van der Waals surface area contributed by atoms with Crippen molar-refractivity contribution >= 4 is 103 Å². The third-order valence-corrected chi connectivity index (χ3v) is 18.2. The van der Waals surface area contributed by atoms with E-state index in [4.69, 9.17) is 6.57 Å². The molecular weight excluding hydrogens is 1930 g/mol. The van der Waals surface area contributed by atoms with Gasteiger partial charge in [-0.3, -0.25) is 0 Å². The summed E-state index contributed by atoms with van der Waals surface area (Å²) in [5.74, 6) is 0. The second-order valence-electron chi connectivity index (χ2n) is 26.7. The fourth-order valence-electron chi connectivity index (χ4n) is 13.2. The van der Waals surface area contributed by atoms with Crippen LogP contribution < -0.4 is 0 Å². The number of benzene rings is 13. The third-order valence-electron chi connectivity index (χ3n) is 18.2. The van der Waals surface area contributed by atoms with Gasteiger partial charge in [-0.25, -0.2) is 0 Å². The van der Waals surface area contributed by atoms with Crippen molar-refractivity contribution in [1.29, 1.82) is 0 Å². The second-order valence-corrected chi connectivity index (χ2v) is 26.7. The maximum atomic E-state index is 7.07. The summed E-state index contributed by atoms with van der Waals surface area (Å²) in [6.45, 7) is 24.9. The zero-order chi connectivity index (χ0) is 66.1. The normalized spacial score (nSPS) is 11.1. The van der Waals surface area contributed by atoms with Gasteiger partial charge in [-0.15, -0.1) is 119 Å². The van der Waals surface area contributed by atoms with Crippen LogP contribution in [0.3, 0.4) is 0 Å². The number of hydrogen-bond donors (Lipinski definition) is 0. The van der Waals surface area contributed by atoms with E-state index in [1.165, 1.54) is 114 Å². The molecule has 0 aliphatic rings. The van der Waals surface area contributed by atoms with Crippen molar-refractivity contribution in [3.05, 3.63) is 331 Å². The Morgan fingerprint density at radius 2 is 0.720 bits per heavy atom. The van der Waals surface area contributed by atoms with Crippen molar-refractivity contribution in [1.82, 2.24) is 19.9 Å². The molecule has 4 heterocycles. The molecule has 0 saturated carbocycles. The molecule has 17 rings (SSSR count). The molecule has 0 aliphatic carbocycles. The van der Waals surface area contributed by atoms with E-state index in [0.717, 1.165) is 50.4 Å². The molecule has 0 spiro atoms. The molecule has 4 aromatic heterocycles. The number of aryl methyl sites for hydroxylation is 2. The van der Waals surface area contributed by atoms with Crippen LogP contribution in [0.5, 0.6) is 0 Å². The molecule has 100 heavy (non-hydrogen) atoms. The molecule has 5 nitrogen and oxygen atoms in total. The first-order chi connectivity index (χ1) is 46.6. The van der Waals surface area contributed by atoms with Crippen molar-refractivity contribution in [3.63, 3.8) is 0 Å². The van der Waals surface area contributed by atoms with Gasteiger partial charge in [0.15, 0.2) is 0 Å². The standard InChI is InChI=1S/C23H14N.2C23H20N.C22H15N2.4Ir/c1-2-7-18-15-19(10-9-16(18)5-1)23-22-12-11-17-6-3-4-8-20(17)21(22)13-14-24-23;1-23(2,3)18-11-9-16-10-12-20-19(21(16)15-18)13-14-24-22(20)17-7-5-4-6-8-17;1-23(2,3)18-10-12-19-17(15-18)9-11-21-20(19)13-14-24-22(21)16-7-5-4-6-8-16;1-14-12-15(2)18-8-9-20-19(21(18)13-14)10-11-24-22(20)16-4-6-17(23-3)7-5-16;;;;/h1-9,11-15H;2*4-7,9-15H,1-3H3;4,6-13H,1-2H3;;;;/q4*-1;;;;. The summed E-state index contributed by atoms with van der Waals surface area (Å²) < 4.78 is 0. The van der Waals surface area contributed by atoms with Gasteiger partial charge in [-0.2, -0.15) is 4.85 Å². The van der Waals surface area contributed by atoms with E-state index < -0.39 is 0 Å². The largest absolute Gasteiger partial charge is 0.304 e. The minimum absolute atomic E-state index is 0. The van der Waals surface area contributed by atoms with Crippen LogP contribution in [0.2, 0.25) is 0 Å². The number of hydrogen-bond acceptors (Lipinski definition) is 4. The minimum atomic E-state index is 0. The smallest absolute Gasteiger partial charge is 0.235 e. The summed E-state index contributed by atoms with van der Waals surface area (Å²) in [6.07, 6.45) is 7.55. The Morgan fingerprint density at radius 1 is 0.300 bits per heavy atom. The Kier molecular flexibility index (Phi) is 23.3. The first-order valence-electron chi connectivity index (χ1n) is 32.6. The summed E-state index contributed by atoms with van der Waals surface area (Å²) in [4.78, 5) is 21.9. The quantitative estimate of drug-likeness (QED) is 0.130. The fourth-order valence-corrected chi connectivity index (χ4v) is 13.2. The molecule has 0 amide bonds. The van der Waals surface area contributed by atoms with E-state index in [1.807, 2.05) is 79.4 Å². The SMILES string of the molecule is CC(C)(C)c1ccc2c(ccc3c(-c4[c-]cccc4)nccc32)c1.CC(C)(C)c1ccc2ccc3c(-c4[c-]cccc4)nccc3c2c1.[C-]#[N+]c1c[c-]c(-c2nccc3c2ccc2c(C)cc(C)cc23)cc1.[Ir].[Ir].[Ir].[Ir].[c-]1cc2ccccc2cc1-c1nccc2c1ccc1ccccc12. The molecule has 0 saturated heterocycles.